The molecule has 5 heterocycles. The Balaban J connectivity index is 1.35. The summed E-state index contributed by atoms with van der Waals surface area (Å²) in [5, 5.41) is 12.8. The van der Waals surface area contributed by atoms with Gasteiger partial charge in [0, 0.05) is 36.2 Å². The highest BCUT2D eigenvalue weighted by atomic mass is 16.5. The van der Waals surface area contributed by atoms with Crippen LogP contribution >= 0.6 is 0 Å². The first-order chi connectivity index (χ1) is 18.3. The average Bonchev–Trinajstić information content (AvgIpc) is 3.47. The van der Waals surface area contributed by atoms with Crippen molar-refractivity contribution in [3.05, 3.63) is 71.0 Å². The largest absolute Gasteiger partial charge is 0.385 e. The Morgan fingerprint density at radius 3 is 3.00 bits per heavy atom. The van der Waals surface area contributed by atoms with Gasteiger partial charge in [0.25, 0.3) is 11.5 Å². The number of pyridine rings is 2. The predicted octanol–water partition coefficient (Wildman–Crippen LogP) is 1.97. The van der Waals surface area contributed by atoms with Gasteiger partial charge in [-0.25, -0.2) is 14.5 Å². The standard InChI is InChI=1S/C24H24N8O3/c1-25-17-12-19(28-15-5-4-9-31(24(15)34)20-6-2-3-8-26-20)30-32-18(13-27-22(17)32)23(33)29-16-11-14-7-10-35-21(14)16/h2-6,8-9,12-14,16,21,25H,7,10-11H2,1H3,(H,28,30)(H,29,33)/t14-,16-,21-/m1/s1/i1D3. The molecule has 0 unspecified atom stereocenters. The Morgan fingerprint density at radius 1 is 1.23 bits per heavy atom. The summed E-state index contributed by atoms with van der Waals surface area (Å²) in [6.45, 7) is -1.84. The molecule has 4 aromatic rings. The van der Waals surface area contributed by atoms with Crippen LogP contribution < -0.4 is 21.5 Å². The molecule has 1 amide bonds. The summed E-state index contributed by atoms with van der Waals surface area (Å²) in [7, 11) is 0. The lowest BCUT2D eigenvalue weighted by Crippen LogP contribution is -2.54. The number of nitrogens with zero attached hydrogens (tertiary/aromatic N) is 5. The molecule has 3 atom stereocenters. The quantitative estimate of drug-likeness (QED) is 0.386. The van der Waals surface area contributed by atoms with Crippen molar-refractivity contribution >= 4 is 28.7 Å². The molecular formula is C24H24N8O3. The summed E-state index contributed by atoms with van der Waals surface area (Å²) in [5.41, 5.74) is 0.176. The van der Waals surface area contributed by atoms with Crippen LogP contribution in [0, 0.1) is 5.92 Å². The first-order valence-corrected chi connectivity index (χ1v) is 11.3. The van der Waals surface area contributed by atoms with E-state index in [1.54, 1.807) is 42.7 Å². The number of hydrogen-bond donors (Lipinski definition) is 3. The van der Waals surface area contributed by atoms with E-state index < -0.39 is 18.4 Å². The molecule has 3 N–H and O–H groups in total. The van der Waals surface area contributed by atoms with Crippen molar-refractivity contribution < 1.29 is 13.6 Å². The summed E-state index contributed by atoms with van der Waals surface area (Å²) < 4.78 is 31.4. The first kappa shape index (κ1) is 18.1. The normalized spacial score (nSPS) is 22.4. The molecule has 0 radical (unpaired) electrons. The van der Waals surface area contributed by atoms with Crippen LogP contribution in [0.15, 0.2) is 59.8 Å². The highest BCUT2D eigenvalue weighted by Gasteiger charge is 2.46. The number of nitrogens with one attached hydrogen (secondary N) is 3. The van der Waals surface area contributed by atoms with E-state index in [1.165, 1.54) is 21.3 Å². The Morgan fingerprint density at radius 2 is 2.17 bits per heavy atom. The number of amides is 1. The Kier molecular flexibility index (Phi) is 4.41. The molecule has 6 rings (SSSR count). The van der Waals surface area contributed by atoms with Crippen LogP contribution in [0.4, 0.5) is 17.2 Å². The number of carbonyl (C=O) groups excluding carboxylic acids is 1. The van der Waals surface area contributed by atoms with E-state index in [9.17, 15) is 9.59 Å². The second kappa shape index (κ2) is 8.51. The molecule has 11 nitrogen and oxygen atoms in total. The van der Waals surface area contributed by atoms with E-state index in [1.807, 2.05) is 0 Å². The summed E-state index contributed by atoms with van der Waals surface area (Å²) in [6, 6.07) is 9.79. The minimum Gasteiger partial charge on any atom is -0.385 e. The van der Waals surface area contributed by atoms with Crippen molar-refractivity contribution in [2.24, 2.45) is 5.92 Å². The van der Waals surface area contributed by atoms with Crippen LogP contribution in [0.2, 0.25) is 0 Å². The maximum atomic E-state index is 13.2. The number of aromatic nitrogens is 5. The fourth-order valence-corrected chi connectivity index (χ4v) is 4.68. The fourth-order valence-electron chi connectivity index (χ4n) is 4.68. The van der Waals surface area contributed by atoms with Gasteiger partial charge < -0.3 is 20.7 Å². The van der Waals surface area contributed by atoms with Gasteiger partial charge in [0.1, 0.15) is 11.5 Å². The number of imidazole rings is 1. The van der Waals surface area contributed by atoms with Gasteiger partial charge in [-0.3, -0.25) is 14.2 Å². The zero-order chi connectivity index (χ0) is 26.4. The van der Waals surface area contributed by atoms with Crippen molar-refractivity contribution in [2.45, 2.75) is 25.0 Å². The number of rotatable bonds is 6. The number of carbonyl (C=O) groups is 1. The van der Waals surface area contributed by atoms with Crippen LogP contribution in [-0.2, 0) is 4.74 Å². The van der Waals surface area contributed by atoms with E-state index in [4.69, 9.17) is 8.85 Å². The fraction of sp³-hybridized carbons (Fsp3) is 0.292. The van der Waals surface area contributed by atoms with E-state index in [2.05, 4.69) is 31.0 Å². The van der Waals surface area contributed by atoms with Gasteiger partial charge in [0.05, 0.1) is 24.0 Å². The molecule has 2 aliphatic rings. The van der Waals surface area contributed by atoms with Crippen molar-refractivity contribution in [2.75, 3.05) is 24.2 Å². The van der Waals surface area contributed by atoms with Crippen molar-refractivity contribution in [3.8, 4) is 5.82 Å². The van der Waals surface area contributed by atoms with Gasteiger partial charge in [-0.05, 0) is 43.0 Å². The highest BCUT2D eigenvalue weighted by molar-refractivity contribution is 5.94. The van der Waals surface area contributed by atoms with Crippen LogP contribution in [-0.4, -0.2) is 55.8 Å². The van der Waals surface area contributed by atoms with Crippen molar-refractivity contribution in [3.63, 3.8) is 0 Å². The lowest BCUT2D eigenvalue weighted by Gasteiger charge is -2.39. The molecule has 0 spiro atoms. The lowest BCUT2D eigenvalue weighted by molar-refractivity contribution is -0.000686. The molecule has 4 aromatic heterocycles. The minimum absolute atomic E-state index is 0.00969. The first-order valence-electron chi connectivity index (χ1n) is 12.8. The lowest BCUT2D eigenvalue weighted by atomic mass is 9.77. The molecule has 1 saturated heterocycles. The third kappa shape index (κ3) is 3.69. The van der Waals surface area contributed by atoms with Crippen molar-refractivity contribution in [1.29, 1.82) is 0 Å². The SMILES string of the molecule is [2H]C([2H])([2H])Nc1cc(Nc2cccn(-c3ccccn3)c2=O)nn2c(C(=O)N[C@@H]3C[C@H]4CCO[C@H]43)cnc12. The number of hydrogen-bond acceptors (Lipinski definition) is 8. The molecule has 2 fully saturated rings. The smallest absolute Gasteiger partial charge is 0.279 e. The number of ether oxygens (including phenoxy) is 1. The van der Waals surface area contributed by atoms with E-state index in [0.717, 1.165) is 12.8 Å². The van der Waals surface area contributed by atoms with Crippen LogP contribution in [0.3, 0.4) is 0 Å². The molecule has 0 bridgehead atoms. The molecular weight excluding hydrogens is 448 g/mol. The van der Waals surface area contributed by atoms with Crippen LogP contribution in [0.25, 0.3) is 11.5 Å². The van der Waals surface area contributed by atoms with Crippen molar-refractivity contribution in [1.82, 2.24) is 29.5 Å². The van der Waals surface area contributed by atoms with Gasteiger partial charge in [0.2, 0.25) is 0 Å². The number of fused-ring (bicyclic) bond motifs is 2. The van der Waals surface area contributed by atoms with Crippen LogP contribution in [0.1, 0.15) is 27.4 Å². The topological polar surface area (TPSA) is 127 Å². The second-order valence-corrected chi connectivity index (χ2v) is 8.56. The van der Waals surface area contributed by atoms with Crippen LogP contribution in [0.5, 0.6) is 0 Å². The molecule has 35 heavy (non-hydrogen) atoms. The monoisotopic (exact) mass is 475 g/mol. The Labute approximate surface area is 204 Å². The summed E-state index contributed by atoms with van der Waals surface area (Å²) in [5.74, 6) is 0.632. The third-order valence-corrected chi connectivity index (χ3v) is 6.47. The molecule has 11 heteroatoms. The minimum atomic E-state index is -2.54. The number of anilines is 3. The Bertz CT molecular complexity index is 1570. The molecule has 1 aliphatic carbocycles. The highest BCUT2D eigenvalue weighted by Crippen LogP contribution is 2.38. The third-order valence-electron chi connectivity index (χ3n) is 6.47. The molecule has 0 aromatic carbocycles. The van der Waals surface area contributed by atoms with E-state index >= 15 is 0 Å². The maximum absolute atomic E-state index is 13.2. The van der Waals surface area contributed by atoms with E-state index in [0.29, 0.717) is 18.3 Å². The van der Waals surface area contributed by atoms with Gasteiger partial charge in [-0.15, -0.1) is 5.10 Å². The van der Waals surface area contributed by atoms with Gasteiger partial charge >= 0.3 is 0 Å². The second-order valence-electron chi connectivity index (χ2n) is 8.56. The zero-order valence-electron chi connectivity index (χ0n) is 21.5. The summed E-state index contributed by atoms with van der Waals surface area (Å²) in [4.78, 5) is 34.8. The molecule has 1 aliphatic heterocycles. The zero-order valence-corrected chi connectivity index (χ0v) is 18.5. The predicted molar refractivity (Wildman–Crippen MR) is 129 cm³/mol. The Hall–Kier alpha value is -4.25. The summed E-state index contributed by atoms with van der Waals surface area (Å²) in [6.07, 6.45) is 6.36. The van der Waals surface area contributed by atoms with E-state index in [-0.39, 0.29) is 40.7 Å². The average molecular weight is 476 g/mol. The summed E-state index contributed by atoms with van der Waals surface area (Å²) >= 11 is 0. The molecule has 1 saturated carbocycles. The van der Waals surface area contributed by atoms with Gasteiger partial charge in [0.15, 0.2) is 17.2 Å². The molecule has 178 valence electrons. The maximum Gasteiger partial charge on any atom is 0.279 e. The van der Waals surface area contributed by atoms with Gasteiger partial charge in [-0.1, -0.05) is 6.07 Å². The van der Waals surface area contributed by atoms with Gasteiger partial charge in [-0.2, -0.15) is 0 Å².